The SMILES string of the molecule is CNCC(C)Cn1cnc(C#N)c1C#N. The van der Waals surface area contributed by atoms with E-state index in [0.29, 0.717) is 18.2 Å². The Labute approximate surface area is 89.0 Å². The number of hydrogen-bond acceptors (Lipinski definition) is 4. The molecule has 78 valence electrons. The van der Waals surface area contributed by atoms with Crippen LogP contribution < -0.4 is 5.32 Å². The summed E-state index contributed by atoms with van der Waals surface area (Å²) in [6.45, 7) is 3.63. The van der Waals surface area contributed by atoms with Crippen molar-refractivity contribution in [2.45, 2.75) is 13.5 Å². The first kappa shape index (κ1) is 11.2. The van der Waals surface area contributed by atoms with Crippen LogP contribution >= 0.6 is 0 Å². The number of nitrogens with one attached hydrogen (secondary N) is 1. The molecule has 5 nitrogen and oxygen atoms in total. The molecule has 1 heterocycles. The summed E-state index contributed by atoms with van der Waals surface area (Å²) in [5, 5.41) is 20.7. The van der Waals surface area contributed by atoms with Gasteiger partial charge in [0.05, 0.1) is 6.33 Å². The molecule has 0 aliphatic carbocycles. The number of aromatic nitrogens is 2. The normalized spacial score (nSPS) is 11.7. The van der Waals surface area contributed by atoms with Crippen LogP contribution in [0.4, 0.5) is 0 Å². The molecule has 1 unspecified atom stereocenters. The Morgan fingerprint density at radius 2 is 2.27 bits per heavy atom. The van der Waals surface area contributed by atoms with E-state index in [-0.39, 0.29) is 5.69 Å². The number of nitriles is 2. The third-order valence-corrected chi connectivity index (χ3v) is 2.11. The minimum absolute atomic E-state index is 0.203. The molecule has 0 aliphatic heterocycles. The molecule has 1 N–H and O–H groups in total. The van der Waals surface area contributed by atoms with Crippen molar-refractivity contribution in [1.82, 2.24) is 14.9 Å². The Morgan fingerprint density at radius 3 is 2.80 bits per heavy atom. The van der Waals surface area contributed by atoms with Gasteiger partial charge in [-0.05, 0) is 19.5 Å². The van der Waals surface area contributed by atoms with Gasteiger partial charge >= 0.3 is 0 Å². The van der Waals surface area contributed by atoms with Gasteiger partial charge in [-0.15, -0.1) is 0 Å². The molecule has 1 atom stereocenters. The molecular formula is C10H13N5. The first-order valence-electron chi connectivity index (χ1n) is 4.72. The van der Waals surface area contributed by atoms with E-state index in [2.05, 4.69) is 17.2 Å². The van der Waals surface area contributed by atoms with Crippen LogP contribution in [0.15, 0.2) is 6.33 Å². The van der Waals surface area contributed by atoms with Gasteiger partial charge in [0.25, 0.3) is 0 Å². The second-order valence-corrected chi connectivity index (χ2v) is 3.48. The largest absolute Gasteiger partial charge is 0.321 e. The Hall–Kier alpha value is -1.85. The zero-order valence-corrected chi connectivity index (χ0v) is 8.86. The maximum atomic E-state index is 8.88. The van der Waals surface area contributed by atoms with Crippen LogP contribution in [-0.2, 0) is 6.54 Å². The molecule has 0 bridgehead atoms. The molecule has 1 rings (SSSR count). The highest BCUT2D eigenvalue weighted by molar-refractivity contribution is 5.35. The smallest absolute Gasteiger partial charge is 0.176 e. The third-order valence-electron chi connectivity index (χ3n) is 2.11. The fraction of sp³-hybridized carbons (Fsp3) is 0.500. The van der Waals surface area contributed by atoms with Crippen LogP contribution in [0.5, 0.6) is 0 Å². The van der Waals surface area contributed by atoms with Crippen LogP contribution in [0.2, 0.25) is 0 Å². The molecule has 0 fully saturated rings. The summed E-state index contributed by atoms with van der Waals surface area (Å²) in [6.07, 6.45) is 1.54. The van der Waals surface area contributed by atoms with Gasteiger partial charge in [0, 0.05) is 6.54 Å². The van der Waals surface area contributed by atoms with Crippen LogP contribution in [0.1, 0.15) is 18.3 Å². The van der Waals surface area contributed by atoms with Gasteiger partial charge in [-0.1, -0.05) is 6.92 Å². The van der Waals surface area contributed by atoms with Crippen molar-refractivity contribution in [3.63, 3.8) is 0 Å². The zero-order valence-electron chi connectivity index (χ0n) is 8.86. The summed E-state index contributed by atoms with van der Waals surface area (Å²) in [5.41, 5.74) is 0.551. The van der Waals surface area contributed by atoms with E-state index < -0.39 is 0 Å². The van der Waals surface area contributed by atoms with Gasteiger partial charge in [0.2, 0.25) is 0 Å². The first-order valence-corrected chi connectivity index (χ1v) is 4.72. The Kier molecular flexibility index (Phi) is 3.84. The lowest BCUT2D eigenvalue weighted by atomic mass is 10.2. The molecule has 0 spiro atoms. The summed E-state index contributed by atoms with van der Waals surface area (Å²) in [6, 6.07) is 3.90. The molecule has 0 saturated carbocycles. The Morgan fingerprint density at radius 1 is 1.53 bits per heavy atom. The minimum Gasteiger partial charge on any atom is -0.321 e. The Balaban J connectivity index is 2.83. The first-order chi connectivity index (χ1) is 7.22. The second-order valence-electron chi connectivity index (χ2n) is 3.48. The summed E-state index contributed by atoms with van der Waals surface area (Å²) in [4.78, 5) is 3.88. The zero-order chi connectivity index (χ0) is 11.3. The fourth-order valence-electron chi connectivity index (χ4n) is 1.47. The predicted octanol–water partition coefficient (Wildman–Crippen LogP) is 0.482. The van der Waals surface area contributed by atoms with Gasteiger partial charge in [-0.25, -0.2) is 4.98 Å². The summed E-state index contributed by atoms with van der Waals surface area (Å²) < 4.78 is 1.72. The molecular weight excluding hydrogens is 190 g/mol. The second kappa shape index (κ2) is 5.14. The van der Waals surface area contributed by atoms with E-state index in [9.17, 15) is 0 Å². The molecule has 0 aromatic carbocycles. The third kappa shape index (κ3) is 2.55. The molecule has 15 heavy (non-hydrogen) atoms. The van der Waals surface area contributed by atoms with Crippen LogP contribution in [-0.4, -0.2) is 23.1 Å². The summed E-state index contributed by atoms with van der Waals surface area (Å²) >= 11 is 0. The van der Waals surface area contributed by atoms with Crippen LogP contribution in [0, 0.1) is 28.6 Å². The lowest BCUT2D eigenvalue weighted by Gasteiger charge is -2.11. The van der Waals surface area contributed by atoms with Crippen molar-refractivity contribution in [3.8, 4) is 12.1 Å². The molecule has 1 aromatic heterocycles. The average Bonchev–Trinajstić information content (AvgIpc) is 2.60. The standard InChI is InChI=1S/C10H13N5/c1-8(5-13-2)6-15-7-14-9(3-11)10(15)4-12/h7-8,13H,5-6H2,1-2H3. The van der Waals surface area contributed by atoms with Gasteiger partial charge in [0.1, 0.15) is 12.1 Å². The topological polar surface area (TPSA) is 77.4 Å². The molecule has 5 heteroatoms. The van der Waals surface area contributed by atoms with Gasteiger partial charge in [-0.2, -0.15) is 10.5 Å². The van der Waals surface area contributed by atoms with Gasteiger partial charge in [-0.3, -0.25) is 0 Å². The average molecular weight is 203 g/mol. The van der Waals surface area contributed by atoms with Crippen molar-refractivity contribution in [3.05, 3.63) is 17.7 Å². The van der Waals surface area contributed by atoms with E-state index in [1.54, 1.807) is 10.9 Å². The van der Waals surface area contributed by atoms with Crippen molar-refractivity contribution >= 4 is 0 Å². The van der Waals surface area contributed by atoms with E-state index in [1.165, 1.54) is 0 Å². The molecule has 0 amide bonds. The molecule has 0 aliphatic rings. The fourth-order valence-corrected chi connectivity index (χ4v) is 1.47. The van der Waals surface area contributed by atoms with E-state index in [4.69, 9.17) is 10.5 Å². The maximum Gasteiger partial charge on any atom is 0.176 e. The van der Waals surface area contributed by atoms with Gasteiger partial charge < -0.3 is 9.88 Å². The van der Waals surface area contributed by atoms with E-state index >= 15 is 0 Å². The number of imidazole rings is 1. The number of hydrogen-bond donors (Lipinski definition) is 1. The van der Waals surface area contributed by atoms with Crippen molar-refractivity contribution in [1.29, 1.82) is 10.5 Å². The van der Waals surface area contributed by atoms with Crippen LogP contribution in [0.3, 0.4) is 0 Å². The monoisotopic (exact) mass is 203 g/mol. The highest BCUT2D eigenvalue weighted by Crippen LogP contribution is 2.08. The van der Waals surface area contributed by atoms with Gasteiger partial charge in [0.15, 0.2) is 11.4 Å². The van der Waals surface area contributed by atoms with Crippen molar-refractivity contribution < 1.29 is 0 Å². The molecule has 0 saturated heterocycles. The lowest BCUT2D eigenvalue weighted by Crippen LogP contribution is -2.20. The van der Waals surface area contributed by atoms with Crippen molar-refractivity contribution in [2.75, 3.05) is 13.6 Å². The number of rotatable bonds is 4. The van der Waals surface area contributed by atoms with Crippen LogP contribution in [0.25, 0.3) is 0 Å². The number of nitrogens with zero attached hydrogens (tertiary/aromatic N) is 4. The van der Waals surface area contributed by atoms with Crippen molar-refractivity contribution in [2.24, 2.45) is 5.92 Å². The highest BCUT2D eigenvalue weighted by Gasteiger charge is 2.11. The molecule has 0 radical (unpaired) electrons. The van der Waals surface area contributed by atoms with E-state index in [0.717, 1.165) is 6.54 Å². The lowest BCUT2D eigenvalue weighted by molar-refractivity contribution is 0.460. The minimum atomic E-state index is 0.203. The summed E-state index contributed by atoms with van der Waals surface area (Å²) in [7, 11) is 1.89. The van der Waals surface area contributed by atoms with E-state index in [1.807, 2.05) is 19.2 Å². The quantitative estimate of drug-likeness (QED) is 0.772. The predicted molar refractivity (Wildman–Crippen MR) is 54.7 cm³/mol. The highest BCUT2D eigenvalue weighted by atomic mass is 15.1. The Bertz CT molecular complexity index is 406. The summed E-state index contributed by atoms with van der Waals surface area (Å²) in [5.74, 6) is 0.392. The molecule has 1 aromatic rings. The maximum absolute atomic E-state index is 8.88.